The van der Waals surface area contributed by atoms with Crippen molar-refractivity contribution in [1.29, 1.82) is 0 Å². The van der Waals surface area contributed by atoms with Crippen LogP contribution < -0.4 is 0 Å². The number of rotatable bonds is 0. The van der Waals surface area contributed by atoms with E-state index in [9.17, 15) is 0 Å². The Morgan fingerprint density at radius 1 is 1.17 bits per heavy atom. The Kier molecular flexibility index (Phi) is 5.04. The van der Waals surface area contributed by atoms with E-state index < -0.39 is 0 Å². The number of hydrogen-bond donors (Lipinski definition) is 0. The molecular weight excluding hydrogens is 184 g/mol. The zero-order chi connectivity index (χ0) is 8.65. The van der Waals surface area contributed by atoms with Gasteiger partial charge in [0.05, 0.1) is 0 Å². The first kappa shape index (κ1) is 9.75. The molecule has 0 nitrogen and oxygen atoms in total. The maximum absolute atomic E-state index is 2.16. The highest BCUT2D eigenvalue weighted by Gasteiger charge is 1.85. The Bertz CT molecular complexity index is 223. The van der Waals surface area contributed by atoms with Crippen LogP contribution in [0.1, 0.15) is 5.56 Å². The van der Waals surface area contributed by atoms with E-state index in [1.54, 1.807) is 0 Å². The minimum Gasteiger partial charge on any atom is -0.0854 e. The lowest BCUT2D eigenvalue weighted by atomic mass is 10.2. The molecule has 1 aromatic rings. The van der Waals surface area contributed by atoms with Crippen molar-refractivity contribution in [1.82, 2.24) is 0 Å². The van der Waals surface area contributed by atoms with E-state index in [0.717, 1.165) is 0 Å². The van der Waals surface area contributed by atoms with Gasteiger partial charge in [0.1, 0.15) is 0 Å². The van der Waals surface area contributed by atoms with E-state index in [1.807, 2.05) is 39.8 Å². The van der Waals surface area contributed by atoms with Gasteiger partial charge in [0, 0.05) is 5.75 Å². The van der Waals surface area contributed by atoms with Gasteiger partial charge in [-0.1, -0.05) is 63.6 Å². The first-order valence-electron chi connectivity index (χ1n) is 3.84. The summed E-state index contributed by atoms with van der Waals surface area (Å²) in [6.07, 6.45) is 2.16. The Labute approximate surface area is 81.8 Å². The molecular formula is C10H12S2. The molecule has 1 aliphatic heterocycles. The molecule has 0 radical (unpaired) electrons. The summed E-state index contributed by atoms with van der Waals surface area (Å²) in [5, 5.41) is 2.12. The largest absolute Gasteiger partial charge is 0.0854 e. The monoisotopic (exact) mass is 196 g/mol. The van der Waals surface area contributed by atoms with E-state index >= 15 is 0 Å². The molecule has 0 spiro atoms. The third kappa shape index (κ3) is 4.52. The molecule has 0 fully saturated rings. The molecule has 0 atom stereocenters. The maximum Gasteiger partial charge on any atom is 0.0229 e. The molecule has 0 amide bonds. The fourth-order valence-electron chi connectivity index (χ4n) is 0.731. The van der Waals surface area contributed by atoms with E-state index in [2.05, 4.69) is 30.5 Å². The zero-order valence-electron chi connectivity index (χ0n) is 7.07. The van der Waals surface area contributed by atoms with Crippen molar-refractivity contribution in [2.24, 2.45) is 0 Å². The molecule has 0 aromatic heterocycles. The fourth-order valence-corrected chi connectivity index (χ4v) is 2.30. The summed E-state index contributed by atoms with van der Waals surface area (Å²) in [6, 6.07) is 10.3. The fraction of sp³-hybridized carbons (Fsp3) is 0.200. The molecule has 2 heteroatoms. The quantitative estimate of drug-likeness (QED) is 0.577. The minimum absolute atomic E-state index is 1.20. The van der Waals surface area contributed by atoms with Gasteiger partial charge in [-0.25, -0.2) is 0 Å². The first-order chi connectivity index (χ1) is 5.89. The van der Waals surface area contributed by atoms with Crippen LogP contribution in [0, 0.1) is 6.92 Å². The number of benzene rings is 1. The Hall–Kier alpha value is -0.340. The standard InChI is InChI=1S/C7H8.C3H4S2/c1-7-5-3-2-4-6-7;1-2-4-5-3-1/h2-6H,1H3;1-2H,3H2. The molecule has 12 heavy (non-hydrogen) atoms. The van der Waals surface area contributed by atoms with E-state index in [4.69, 9.17) is 0 Å². The summed E-state index contributed by atoms with van der Waals surface area (Å²) >= 11 is 0. The molecule has 2 rings (SSSR count). The van der Waals surface area contributed by atoms with Crippen molar-refractivity contribution in [3.05, 3.63) is 47.4 Å². The van der Waals surface area contributed by atoms with Gasteiger partial charge < -0.3 is 0 Å². The Balaban J connectivity index is 0.000000127. The molecule has 0 bridgehead atoms. The third-order valence-electron chi connectivity index (χ3n) is 1.32. The van der Waals surface area contributed by atoms with E-state index in [1.165, 1.54) is 11.3 Å². The van der Waals surface area contributed by atoms with Gasteiger partial charge in [-0.05, 0) is 12.3 Å². The number of hydrogen-bond acceptors (Lipinski definition) is 2. The van der Waals surface area contributed by atoms with Crippen molar-refractivity contribution in [3.63, 3.8) is 0 Å². The minimum atomic E-state index is 1.20. The molecule has 0 N–H and O–H groups in total. The second-order valence-electron chi connectivity index (χ2n) is 2.41. The van der Waals surface area contributed by atoms with E-state index in [0.29, 0.717) is 0 Å². The van der Waals surface area contributed by atoms with Crippen molar-refractivity contribution >= 4 is 21.6 Å². The predicted octanol–water partition coefficient (Wildman–Crippen LogP) is 3.89. The lowest BCUT2D eigenvalue weighted by Gasteiger charge is -1.82. The SMILES string of the molecule is C1=CSSC1.Cc1ccccc1. The van der Waals surface area contributed by atoms with Gasteiger partial charge >= 0.3 is 0 Å². The summed E-state index contributed by atoms with van der Waals surface area (Å²) in [5.41, 5.74) is 1.32. The number of aryl methyl sites for hydroxylation is 1. The van der Waals surface area contributed by atoms with Gasteiger partial charge in [0.25, 0.3) is 0 Å². The summed E-state index contributed by atoms with van der Waals surface area (Å²) in [7, 11) is 3.69. The maximum atomic E-state index is 2.16. The average Bonchev–Trinajstić information content (AvgIpc) is 2.62. The highest BCUT2D eigenvalue weighted by atomic mass is 33.1. The summed E-state index contributed by atoms with van der Waals surface area (Å²) in [6.45, 7) is 2.08. The smallest absolute Gasteiger partial charge is 0.0229 e. The molecule has 0 saturated carbocycles. The summed E-state index contributed by atoms with van der Waals surface area (Å²) in [5.74, 6) is 1.20. The van der Waals surface area contributed by atoms with Crippen LogP contribution in [-0.2, 0) is 0 Å². The van der Waals surface area contributed by atoms with Crippen LogP contribution in [0.2, 0.25) is 0 Å². The molecule has 0 unspecified atom stereocenters. The van der Waals surface area contributed by atoms with Gasteiger partial charge in [0.15, 0.2) is 0 Å². The van der Waals surface area contributed by atoms with Crippen molar-refractivity contribution < 1.29 is 0 Å². The highest BCUT2D eigenvalue weighted by Crippen LogP contribution is 2.27. The highest BCUT2D eigenvalue weighted by molar-refractivity contribution is 8.78. The van der Waals surface area contributed by atoms with Crippen LogP contribution in [0.3, 0.4) is 0 Å². The van der Waals surface area contributed by atoms with Gasteiger partial charge in [-0.3, -0.25) is 0 Å². The summed E-state index contributed by atoms with van der Waals surface area (Å²) < 4.78 is 0. The zero-order valence-corrected chi connectivity index (χ0v) is 8.70. The van der Waals surface area contributed by atoms with Gasteiger partial charge in [-0.15, -0.1) is 0 Å². The molecule has 1 aliphatic rings. The van der Waals surface area contributed by atoms with Crippen LogP contribution in [0.4, 0.5) is 0 Å². The lowest BCUT2D eigenvalue weighted by Crippen LogP contribution is -1.62. The molecule has 0 aliphatic carbocycles. The van der Waals surface area contributed by atoms with Crippen LogP contribution in [0.5, 0.6) is 0 Å². The second kappa shape index (κ2) is 6.21. The van der Waals surface area contributed by atoms with Crippen LogP contribution in [0.25, 0.3) is 0 Å². The second-order valence-corrected chi connectivity index (χ2v) is 4.73. The third-order valence-corrected chi connectivity index (χ3v) is 3.24. The lowest BCUT2D eigenvalue weighted by molar-refractivity contribution is 1.48. The first-order valence-corrected chi connectivity index (χ1v) is 6.23. The van der Waals surface area contributed by atoms with Crippen LogP contribution in [0.15, 0.2) is 41.8 Å². The van der Waals surface area contributed by atoms with E-state index in [-0.39, 0.29) is 0 Å². The Morgan fingerprint density at radius 2 is 1.92 bits per heavy atom. The summed E-state index contributed by atoms with van der Waals surface area (Å²) in [4.78, 5) is 0. The van der Waals surface area contributed by atoms with Crippen LogP contribution >= 0.6 is 21.6 Å². The van der Waals surface area contributed by atoms with Crippen molar-refractivity contribution in [3.8, 4) is 0 Å². The topological polar surface area (TPSA) is 0 Å². The molecule has 1 heterocycles. The molecule has 64 valence electrons. The normalized spacial score (nSPS) is 13.8. The van der Waals surface area contributed by atoms with Crippen molar-refractivity contribution in [2.75, 3.05) is 5.75 Å². The van der Waals surface area contributed by atoms with Crippen molar-refractivity contribution in [2.45, 2.75) is 6.92 Å². The average molecular weight is 196 g/mol. The molecule has 1 aromatic carbocycles. The predicted molar refractivity (Wildman–Crippen MR) is 60.4 cm³/mol. The Morgan fingerprint density at radius 3 is 2.17 bits per heavy atom. The van der Waals surface area contributed by atoms with Crippen LogP contribution in [-0.4, -0.2) is 5.75 Å². The van der Waals surface area contributed by atoms with Gasteiger partial charge in [-0.2, -0.15) is 0 Å². The molecule has 0 saturated heterocycles. The van der Waals surface area contributed by atoms with Gasteiger partial charge in [0.2, 0.25) is 0 Å².